The average Bonchev–Trinajstić information content (AvgIpc) is 2.16. The van der Waals surface area contributed by atoms with Crippen molar-refractivity contribution in [3.8, 4) is 0 Å². The van der Waals surface area contributed by atoms with Crippen molar-refractivity contribution in [1.82, 2.24) is 14.3 Å². The molecule has 0 bridgehead atoms. The number of hydrogen-bond acceptors (Lipinski definition) is 3. The molecule has 0 amide bonds. The first-order valence-corrected chi connectivity index (χ1v) is 4.81. The summed E-state index contributed by atoms with van der Waals surface area (Å²) in [6.07, 6.45) is 0. The van der Waals surface area contributed by atoms with Crippen LogP contribution in [0.1, 0.15) is 20.8 Å². The number of nitrogens with zero attached hydrogens (tertiary/aromatic N) is 3. The second-order valence-corrected chi connectivity index (χ2v) is 2.97. The summed E-state index contributed by atoms with van der Waals surface area (Å²) in [5.41, 5.74) is 0. The van der Waals surface area contributed by atoms with Crippen LogP contribution in [0.4, 0.5) is 0 Å². The third-order valence-corrected chi connectivity index (χ3v) is 1.87. The summed E-state index contributed by atoms with van der Waals surface area (Å²) in [5, 5.41) is 0. The van der Waals surface area contributed by atoms with Crippen LogP contribution in [-0.2, 0) is 0 Å². The molecule has 0 saturated heterocycles. The van der Waals surface area contributed by atoms with Gasteiger partial charge in [0, 0.05) is 0 Å². The molecule has 0 rings (SSSR count). The lowest BCUT2D eigenvalue weighted by Crippen LogP contribution is -2.47. The van der Waals surface area contributed by atoms with E-state index in [1.807, 2.05) is 21.5 Å². The normalized spacial score (nSPS) is 11.3. The van der Waals surface area contributed by atoms with Crippen LogP contribution in [0.5, 0.6) is 0 Å². The molecule has 6 heteroatoms. The van der Waals surface area contributed by atoms with Crippen molar-refractivity contribution in [3.05, 3.63) is 0 Å². The van der Waals surface area contributed by atoms with Gasteiger partial charge in [-0.15, -0.1) is 0 Å². The van der Waals surface area contributed by atoms with Crippen molar-refractivity contribution in [2.24, 2.45) is 0 Å². The Hall–Kier alpha value is 0.0748. The molecule has 0 aromatic heterocycles. The highest BCUT2D eigenvalue weighted by molar-refractivity contribution is 6.50. The Labute approximate surface area is 85.4 Å². The fourth-order valence-electron chi connectivity index (χ4n) is 0.800. The lowest BCUT2D eigenvalue weighted by molar-refractivity contribution is 0.506. The van der Waals surface area contributed by atoms with E-state index >= 15 is 0 Å². The standard InChI is InChI=1S/C7H18B3N3/c1-5-11(4)9-13(7-3)10-12(8)6-2/h5-7H2,1-4H3. The van der Waals surface area contributed by atoms with E-state index in [4.69, 9.17) is 7.98 Å². The van der Waals surface area contributed by atoms with E-state index in [0.717, 1.165) is 19.6 Å². The summed E-state index contributed by atoms with van der Waals surface area (Å²) >= 11 is 0. The van der Waals surface area contributed by atoms with Gasteiger partial charge in [0.2, 0.25) is 0 Å². The van der Waals surface area contributed by atoms with Crippen LogP contribution in [-0.4, -0.2) is 64.0 Å². The van der Waals surface area contributed by atoms with Crippen LogP contribution in [0.25, 0.3) is 0 Å². The Morgan fingerprint density at radius 1 is 1.00 bits per heavy atom. The number of hydrogen-bond donors (Lipinski definition) is 0. The SMILES string of the molecule is [B]N([B]N([B]N(C)CC)CC)CC. The highest BCUT2D eigenvalue weighted by Gasteiger charge is 2.11. The van der Waals surface area contributed by atoms with Gasteiger partial charge in [0.1, 0.15) is 0 Å². The van der Waals surface area contributed by atoms with Crippen LogP contribution in [0.3, 0.4) is 0 Å². The van der Waals surface area contributed by atoms with Gasteiger partial charge in [0.25, 0.3) is 7.55 Å². The minimum atomic E-state index is 0.820. The van der Waals surface area contributed by atoms with Crippen LogP contribution >= 0.6 is 0 Å². The van der Waals surface area contributed by atoms with E-state index < -0.39 is 0 Å². The Morgan fingerprint density at radius 3 is 2.00 bits per heavy atom. The van der Waals surface area contributed by atoms with Crippen molar-refractivity contribution >= 4 is 23.1 Å². The summed E-state index contributed by atoms with van der Waals surface area (Å²) in [6, 6.07) is 0. The van der Waals surface area contributed by atoms with Crippen LogP contribution in [0.2, 0.25) is 0 Å². The maximum absolute atomic E-state index is 5.66. The van der Waals surface area contributed by atoms with Gasteiger partial charge in [0.15, 0.2) is 7.98 Å². The molecule has 0 fully saturated rings. The monoisotopic (exact) mass is 177 g/mol. The fourth-order valence-corrected chi connectivity index (χ4v) is 0.800. The Balaban J connectivity index is 3.74. The molecule has 0 aliphatic carbocycles. The molecule has 0 spiro atoms. The van der Waals surface area contributed by atoms with Gasteiger partial charge in [-0.1, -0.05) is 20.8 Å². The quantitative estimate of drug-likeness (QED) is 0.495. The molecular formula is C7H18B3N3. The maximum Gasteiger partial charge on any atom is 0.301 e. The summed E-state index contributed by atoms with van der Waals surface area (Å²) in [6.45, 7) is 8.98. The first-order chi connectivity index (χ1) is 6.13. The second kappa shape index (κ2) is 7.48. The molecule has 0 aliphatic heterocycles. The molecule has 0 aromatic carbocycles. The molecule has 0 atom stereocenters. The van der Waals surface area contributed by atoms with E-state index in [-0.39, 0.29) is 0 Å². The average molecular weight is 177 g/mol. The Bertz CT molecular complexity index is 114. The van der Waals surface area contributed by atoms with Crippen molar-refractivity contribution in [1.29, 1.82) is 0 Å². The molecule has 0 unspecified atom stereocenters. The highest BCUT2D eigenvalue weighted by Crippen LogP contribution is 1.88. The van der Waals surface area contributed by atoms with Crippen molar-refractivity contribution < 1.29 is 0 Å². The first-order valence-electron chi connectivity index (χ1n) is 4.81. The molecule has 13 heavy (non-hydrogen) atoms. The van der Waals surface area contributed by atoms with Crippen molar-refractivity contribution in [2.45, 2.75) is 20.8 Å². The molecule has 0 aliphatic rings. The molecular weight excluding hydrogens is 159 g/mol. The first kappa shape index (κ1) is 13.1. The smallest absolute Gasteiger partial charge is 0.301 e. The zero-order chi connectivity index (χ0) is 10.3. The molecule has 0 N–H and O–H groups in total. The lowest BCUT2D eigenvalue weighted by Gasteiger charge is -2.27. The molecule has 0 saturated carbocycles. The van der Waals surface area contributed by atoms with Crippen molar-refractivity contribution in [2.75, 3.05) is 26.7 Å². The van der Waals surface area contributed by atoms with Crippen LogP contribution in [0, 0.1) is 0 Å². The predicted octanol–water partition coefficient (Wildman–Crippen LogP) is -0.266. The van der Waals surface area contributed by atoms with E-state index in [0.29, 0.717) is 0 Å². The van der Waals surface area contributed by atoms with Gasteiger partial charge in [-0.05, 0) is 26.7 Å². The van der Waals surface area contributed by atoms with Crippen LogP contribution < -0.4 is 0 Å². The highest BCUT2D eigenvalue weighted by atomic mass is 15.2. The summed E-state index contributed by atoms with van der Waals surface area (Å²) in [5.74, 6) is 0. The van der Waals surface area contributed by atoms with Crippen LogP contribution in [0.15, 0.2) is 0 Å². The predicted molar refractivity (Wildman–Crippen MR) is 60.3 cm³/mol. The zero-order valence-electron chi connectivity index (χ0n) is 9.20. The molecule has 3 nitrogen and oxygen atoms in total. The molecule has 70 valence electrons. The van der Waals surface area contributed by atoms with Crippen molar-refractivity contribution in [3.63, 3.8) is 0 Å². The van der Waals surface area contributed by atoms with E-state index in [2.05, 4.69) is 30.9 Å². The van der Waals surface area contributed by atoms with Gasteiger partial charge in [-0.2, -0.15) is 0 Å². The topological polar surface area (TPSA) is 9.72 Å². The largest absolute Gasteiger partial charge is 0.385 e. The maximum atomic E-state index is 5.66. The van der Waals surface area contributed by atoms with E-state index in [1.165, 1.54) is 0 Å². The van der Waals surface area contributed by atoms with Gasteiger partial charge < -0.3 is 14.3 Å². The molecule has 0 aromatic rings. The zero-order valence-corrected chi connectivity index (χ0v) is 9.20. The third-order valence-electron chi connectivity index (χ3n) is 1.87. The van der Waals surface area contributed by atoms with Gasteiger partial charge >= 0.3 is 7.55 Å². The second-order valence-electron chi connectivity index (χ2n) is 2.97. The minimum absolute atomic E-state index is 0.820. The van der Waals surface area contributed by atoms with E-state index in [1.54, 1.807) is 4.72 Å². The third kappa shape index (κ3) is 6.19. The summed E-state index contributed by atoms with van der Waals surface area (Å²) in [4.78, 5) is 2.11. The Kier molecular flexibility index (Phi) is 7.52. The molecule has 0 heterocycles. The minimum Gasteiger partial charge on any atom is -0.385 e. The van der Waals surface area contributed by atoms with Gasteiger partial charge in [-0.3, -0.25) is 0 Å². The summed E-state index contributed by atoms with van der Waals surface area (Å²) in [7, 11) is 11.7. The van der Waals surface area contributed by atoms with Gasteiger partial charge in [0.05, 0.1) is 0 Å². The summed E-state index contributed by atoms with van der Waals surface area (Å²) < 4.78 is 3.73. The molecule has 4 radical (unpaired) electrons. The van der Waals surface area contributed by atoms with E-state index in [9.17, 15) is 0 Å². The van der Waals surface area contributed by atoms with Gasteiger partial charge in [-0.25, -0.2) is 0 Å². The lowest BCUT2D eigenvalue weighted by atomic mass is 9.88. The Morgan fingerprint density at radius 2 is 1.62 bits per heavy atom. The number of rotatable bonds is 7. The fraction of sp³-hybridized carbons (Fsp3) is 1.00.